The number of carboxylic acid groups (broad SMARTS) is 1. The molecule has 21 heavy (non-hydrogen) atoms. The number of hydrogen-bond acceptors (Lipinski definition) is 4. The molecule has 0 bridgehead atoms. The maximum absolute atomic E-state index is 12.5. The van der Waals surface area contributed by atoms with Gasteiger partial charge in [0.05, 0.1) is 18.5 Å². The number of hydrogen-bond donors (Lipinski definition) is 2. The van der Waals surface area contributed by atoms with Gasteiger partial charge in [-0.2, -0.15) is 11.8 Å². The van der Waals surface area contributed by atoms with Crippen molar-refractivity contribution in [3.8, 4) is 0 Å². The molecule has 1 aliphatic heterocycles. The van der Waals surface area contributed by atoms with Gasteiger partial charge in [-0.15, -0.1) is 0 Å². The van der Waals surface area contributed by atoms with Gasteiger partial charge in [0.1, 0.15) is 0 Å². The van der Waals surface area contributed by atoms with Crippen LogP contribution in [0.4, 0.5) is 0 Å². The Labute approximate surface area is 128 Å². The Hall–Kier alpha value is -1.53. The predicted molar refractivity (Wildman–Crippen MR) is 83.2 cm³/mol. The highest BCUT2D eigenvalue weighted by atomic mass is 32.2. The third kappa shape index (κ3) is 4.47. The summed E-state index contributed by atoms with van der Waals surface area (Å²) >= 11 is 1.68. The number of thioether (sulfide) groups is 1. The van der Waals surface area contributed by atoms with Crippen LogP contribution in [0.2, 0.25) is 0 Å². The summed E-state index contributed by atoms with van der Waals surface area (Å²) in [6, 6.07) is 8.75. The van der Waals surface area contributed by atoms with Crippen LogP contribution in [0.15, 0.2) is 30.3 Å². The molecule has 0 aliphatic carbocycles. The fourth-order valence-electron chi connectivity index (χ4n) is 2.48. The Bertz CT molecular complexity index is 495. The molecule has 1 aromatic rings. The summed E-state index contributed by atoms with van der Waals surface area (Å²) in [6.45, 7) is 0.573. The van der Waals surface area contributed by atoms with E-state index in [2.05, 4.69) is 0 Å². The zero-order valence-corrected chi connectivity index (χ0v) is 12.6. The van der Waals surface area contributed by atoms with Crippen molar-refractivity contribution >= 4 is 23.6 Å². The SMILES string of the molecule is N[C@@H](Cc1ccccc1)C(=O)N1CCSCC1CC(=O)O. The third-order valence-corrected chi connectivity index (χ3v) is 4.63. The monoisotopic (exact) mass is 308 g/mol. The first-order valence-corrected chi connectivity index (χ1v) is 8.13. The zero-order chi connectivity index (χ0) is 15.2. The van der Waals surface area contributed by atoms with E-state index in [4.69, 9.17) is 10.8 Å². The van der Waals surface area contributed by atoms with Crippen LogP contribution in [-0.2, 0) is 16.0 Å². The minimum Gasteiger partial charge on any atom is -0.481 e. The van der Waals surface area contributed by atoms with Crippen LogP contribution in [0.5, 0.6) is 0 Å². The van der Waals surface area contributed by atoms with Crippen LogP contribution in [0.3, 0.4) is 0 Å². The summed E-state index contributed by atoms with van der Waals surface area (Å²) in [4.78, 5) is 25.1. The highest BCUT2D eigenvalue weighted by molar-refractivity contribution is 7.99. The summed E-state index contributed by atoms with van der Waals surface area (Å²) < 4.78 is 0. The molecular weight excluding hydrogens is 288 g/mol. The molecule has 2 rings (SSSR count). The van der Waals surface area contributed by atoms with E-state index in [-0.39, 0.29) is 18.4 Å². The maximum Gasteiger partial charge on any atom is 0.305 e. The Morgan fingerprint density at radius 1 is 1.38 bits per heavy atom. The standard InChI is InChI=1S/C15H20N2O3S/c16-13(8-11-4-2-1-3-5-11)15(20)17-6-7-21-10-12(17)9-14(18)19/h1-5,12-13H,6-10,16H2,(H,18,19)/t12?,13-/m0/s1. The Balaban J connectivity index is 2.00. The first-order chi connectivity index (χ1) is 10.1. The fraction of sp³-hybridized carbons (Fsp3) is 0.467. The minimum absolute atomic E-state index is 0.0171. The quantitative estimate of drug-likeness (QED) is 0.847. The molecule has 114 valence electrons. The van der Waals surface area contributed by atoms with Crippen molar-refractivity contribution in [2.75, 3.05) is 18.1 Å². The predicted octanol–water partition coefficient (Wildman–Crippen LogP) is 0.975. The van der Waals surface area contributed by atoms with Gasteiger partial charge in [-0.05, 0) is 12.0 Å². The van der Waals surface area contributed by atoms with Gasteiger partial charge in [0.2, 0.25) is 5.91 Å². The zero-order valence-electron chi connectivity index (χ0n) is 11.8. The van der Waals surface area contributed by atoms with E-state index in [0.717, 1.165) is 11.3 Å². The Morgan fingerprint density at radius 3 is 2.76 bits per heavy atom. The van der Waals surface area contributed by atoms with E-state index in [1.54, 1.807) is 16.7 Å². The van der Waals surface area contributed by atoms with Crippen LogP contribution in [0, 0.1) is 0 Å². The van der Waals surface area contributed by atoms with Crippen molar-refractivity contribution < 1.29 is 14.7 Å². The molecular formula is C15H20N2O3S. The van der Waals surface area contributed by atoms with Crippen LogP contribution in [-0.4, -0.2) is 52.0 Å². The molecule has 1 heterocycles. The number of amides is 1. The average molecular weight is 308 g/mol. The lowest BCUT2D eigenvalue weighted by atomic mass is 10.0. The van der Waals surface area contributed by atoms with Gasteiger partial charge in [-0.1, -0.05) is 30.3 Å². The van der Waals surface area contributed by atoms with Crippen molar-refractivity contribution in [1.29, 1.82) is 0 Å². The lowest BCUT2D eigenvalue weighted by Gasteiger charge is -2.36. The number of carbonyl (C=O) groups is 2. The second kappa shape index (κ2) is 7.47. The first-order valence-electron chi connectivity index (χ1n) is 6.97. The normalized spacial score (nSPS) is 20.0. The highest BCUT2D eigenvalue weighted by Gasteiger charge is 2.31. The molecule has 2 atom stereocenters. The van der Waals surface area contributed by atoms with Crippen molar-refractivity contribution in [3.05, 3.63) is 35.9 Å². The minimum atomic E-state index is -0.878. The second-order valence-corrected chi connectivity index (χ2v) is 6.30. The first kappa shape index (κ1) is 15.9. The number of benzene rings is 1. The Morgan fingerprint density at radius 2 is 2.10 bits per heavy atom. The smallest absolute Gasteiger partial charge is 0.305 e. The van der Waals surface area contributed by atoms with Crippen molar-refractivity contribution in [2.24, 2.45) is 5.73 Å². The molecule has 0 aromatic heterocycles. The van der Waals surface area contributed by atoms with Gasteiger partial charge < -0.3 is 15.7 Å². The molecule has 1 amide bonds. The largest absolute Gasteiger partial charge is 0.481 e. The van der Waals surface area contributed by atoms with Gasteiger partial charge in [0, 0.05) is 18.1 Å². The molecule has 1 aromatic carbocycles. The molecule has 1 fully saturated rings. The van der Waals surface area contributed by atoms with Gasteiger partial charge in [0.25, 0.3) is 0 Å². The number of nitrogens with two attached hydrogens (primary N) is 1. The van der Waals surface area contributed by atoms with Gasteiger partial charge in [0.15, 0.2) is 0 Å². The fourth-order valence-corrected chi connectivity index (χ4v) is 3.55. The van der Waals surface area contributed by atoms with E-state index in [9.17, 15) is 9.59 Å². The molecule has 6 heteroatoms. The highest BCUT2D eigenvalue weighted by Crippen LogP contribution is 2.20. The topological polar surface area (TPSA) is 83.6 Å². The van der Waals surface area contributed by atoms with E-state index in [0.29, 0.717) is 18.7 Å². The van der Waals surface area contributed by atoms with Crippen molar-refractivity contribution in [2.45, 2.75) is 24.9 Å². The third-order valence-electron chi connectivity index (χ3n) is 3.54. The lowest BCUT2D eigenvalue weighted by Crippen LogP contribution is -2.53. The van der Waals surface area contributed by atoms with E-state index >= 15 is 0 Å². The molecule has 5 nitrogen and oxygen atoms in total. The van der Waals surface area contributed by atoms with Crippen molar-refractivity contribution in [1.82, 2.24) is 4.90 Å². The molecule has 0 radical (unpaired) electrons. The van der Waals surface area contributed by atoms with Crippen molar-refractivity contribution in [3.63, 3.8) is 0 Å². The lowest BCUT2D eigenvalue weighted by molar-refractivity contribution is -0.140. The summed E-state index contributed by atoms with van der Waals surface area (Å²) in [5, 5.41) is 8.96. The van der Waals surface area contributed by atoms with Crippen LogP contribution >= 0.6 is 11.8 Å². The van der Waals surface area contributed by atoms with Crippen LogP contribution in [0.25, 0.3) is 0 Å². The van der Waals surface area contributed by atoms with Crippen LogP contribution in [0.1, 0.15) is 12.0 Å². The average Bonchev–Trinajstić information content (AvgIpc) is 2.47. The van der Waals surface area contributed by atoms with E-state index in [1.165, 1.54) is 0 Å². The summed E-state index contributed by atoms with van der Waals surface area (Å²) in [6.07, 6.45) is 0.458. The summed E-state index contributed by atoms with van der Waals surface area (Å²) in [5.74, 6) is 0.470. The molecule has 0 saturated carbocycles. The van der Waals surface area contributed by atoms with Gasteiger partial charge in [-0.25, -0.2) is 0 Å². The van der Waals surface area contributed by atoms with Gasteiger partial charge in [-0.3, -0.25) is 9.59 Å². The maximum atomic E-state index is 12.5. The number of aliphatic carboxylic acids is 1. The van der Waals surface area contributed by atoms with Crippen LogP contribution < -0.4 is 5.73 Å². The van der Waals surface area contributed by atoms with E-state index in [1.807, 2.05) is 30.3 Å². The number of carbonyl (C=O) groups excluding carboxylic acids is 1. The second-order valence-electron chi connectivity index (χ2n) is 5.15. The number of nitrogens with zero attached hydrogens (tertiary/aromatic N) is 1. The van der Waals surface area contributed by atoms with Gasteiger partial charge >= 0.3 is 5.97 Å². The molecule has 0 spiro atoms. The van der Waals surface area contributed by atoms with E-state index < -0.39 is 12.0 Å². The summed E-state index contributed by atoms with van der Waals surface area (Å²) in [7, 11) is 0. The Kier molecular flexibility index (Phi) is 5.64. The number of rotatable bonds is 5. The molecule has 1 unspecified atom stereocenters. The molecule has 1 aliphatic rings. The summed E-state index contributed by atoms with van der Waals surface area (Å²) in [5.41, 5.74) is 7.04. The molecule has 3 N–H and O–H groups in total. The number of carboxylic acids is 1. The molecule has 1 saturated heterocycles.